The highest BCUT2D eigenvalue weighted by Crippen LogP contribution is 2.22. The number of rotatable bonds is 1. The third-order valence-corrected chi connectivity index (χ3v) is 2.39. The maximum atomic E-state index is 11.5. The molecule has 0 atom stereocenters. The Hall–Kier alpha value is -2.17. The van der Waals surface area contributed by atoms with Crippen molar-refractivity contribution in [1.82, 2.24) is 5.32 Å². The maximum absolute atomic E-state index is 11.5. The van der Waals surface area contributed by atoms with E-state index in [2.05, 4.69) is 10.1 Å². The van der Waals surface area contributed by atoms with Gasteiger partial charge in [0.1, 0.15) is 0 Å². The Morgan fingerprint density at radius 3 is 2.56 bits per heavy atom. The molecule has 0 unspecified atom stereocenters. The lowest BCUT2D eigenvalue weighted by atomic mass is 9.99. The van der Waals surface area contributed by atoms with Crippen LogP contribution in [0.25, 0.3) is 0 Å². The zero-order valence-corrected chi connectivity index (χ0v) is 8.79. The van der Waals surface area contributed by atoms with Gasteiger partial charge in [-0.25, -0.2) is 4.79 Å². The molecule has 0 aromatic heterocycles. The van der Waals surface area contributed by atoms with Gasteiger partial charge in [-0.2, -0.15) is 0 Å². The van der Waals surface area contributed by atoms with Crippen molar-refractivity contribution in [3.05, 3.63) is 34.4 Å². The van der Waals surface area contributed by atoms with Crippen molar-refractivity contribution >= 4 is 17.8 Å². The summed E-state index contributed by atoms with van der Waals surface area (Å²) in [5.41, 5.74) is 1.18. The minimum absolute atomic E-state index is 0.0995. The first-order valence-electron chi connectivity index (χ1n) is 4.63. The molecule has 1 aliphatic heterocycles. The summed E-state index contributed by atoms with van der Waals surface area (Å²) < 4.78 is 4.57. The monoisotopic (exact) mass is 219 g/mol. The summed E-state index contributed by atoms with van der Waals surface area (Å²) in [4.78, 5) is 34.4. The number of amides is 2. The van der Waals surface area contributed by atoms with E-state index in [4.69, 9.17) is 0 Å². The molecule has 5 nitrogen and oxygen atoms in total. The SMILES string of the molecule is COC(=O)c1cc(C)cc2c1C(=O)NC2=O. The van der Waals surface area contributed by atoms with Gasteiger partial charge in [-0.1, -0.05) is 0 Å². The van der Waals surface area contributed by atoms with Crippen LogP contribution < -0.4 is 5.32 Å². The topological polar surface area (TPSA) is 72.5 Å². The maximum Gasteiger partial charge on any atom is 0.338 e. The first kappa shape index (κ1) is 10.4. The molecular formula is C11H9NO4. The third kappa shape index (κ3) is 1.37. The first-order chi connectivity index (χ1) is 7.54. The normalized spacial score (nSPS) is 13.4. The van der Waals surface area contributed by atoms with Gasteiger partial charge < -0.3 is 4.74 Å². The van der Waals surface area contributed by atoms with Gasteiger partial charge in [0.25, 0.3) is 11.8 Å². The number of fused-ring (bicyclic) bond motifs is 1. The molecular weight excluding hydrogens is 210 g/mol. The van der Waals surface area contributed by atoms with Crippen molar-refractivity contribution in [2.75, 3.05) is 7.11 Å². The Morgan fingerprint density at radius 1 is 1.25 bits per heavy atom. The number of nitrogens with one attached hydrogen (secondary N) is 1. The van der Waals surface area contributed by atoms with Gasteiger partial charge in [-0.15, -0.1) is 0 Å². The molecule has 0 fully saturated rings. The number of methoxy groups -OCH3 is 1. The summed E-state index contributed by atoms with van der Waals surface area (Å²) in [7, 11) is 1.23. The highest BCUT2D eigenvalue weighted by Gasteiger charge is 2.32. The number of esters is 1. The molecule has 1 aromatic carbocycles. The minimum atomic E-state index is -0.621. The molecule has 0 saturated carbocycles. The summed E-state index contributed by atoms with van der Waals surface area (Å²) in [6.45, 7) is 1.74. The Labute approximate surface area is 91.4 Å². The van der Waals surface area contributed by atoms with E-state index in [1.165, 1.54) is 13.2 Å². The highest BCUT2D eigenvalue weighted by atomic mass is 16.5. The molecule has 0 saturated heterocycles. The van der Waals surface area contributed by atoms with Gasteiger partial charge in [0, 0.05) is 0 Å². The van der Waals surface area contributed by atoms with Crippen LogP contribution in [0.5, 0.6) is 0 Å². The van der Waals surface area contributed by atoms with Crippen LogP contribution in [0.3, 0.4) is 0 Å². The van der Waals surface area contributed by atoms with Crippen molar-refractivity contribution in [3.8, 4) is 0 Å². The summed E-state index contributed by atoms with van der Waals surface area (Å²) in [5, 5.41) is 2.14. The van der Waals surface area contributed by atoms with Gasteiger partial charge in [0.05, 0.1) is 23.8 Å². The van der Waals surface area contributed by atoms with Crippen molar-refractivity contribution < 1.29 is 19.1 Å². The van der Waals surface area contributed by atoms with Crippen LogP contribution >= 0.6 is 0 Å². The highest BCUT2D eigenvalue weighted by molar-refractivity contribution is 6.24. The summed E-state index contributed by atoms with van der Waals surface area (Å²) in [6, 6.07) is 3.10. The number of carbonyl (C=O) groups is 3. The molecule has 0 aliphatic carbocycles. The lowest BCUT2D eigenvalue weighted by Gasteiger charge is -2.05. The Kier molecular flexibility index (Phi) is 2.23. The van der Waals surface area contributed by atoms with E-state index in [9.17, 15) is 14.4 Å². The molecule has 1 N–H and O–H groups in total. The lowest BCUT2D eigenvalue weighted by molar-refractivity contribution is 0.0596. The predicted octanol–water partition coefficient (Wildman–Crippen LogP) is 0.665. The molecule has 1 aromatic rings. The molecule has 2 amide bonds. The van der Waals surface area contributed by atoms with Crippen molar-refractivity contribution in [3.63, 3.8) is 0 Å². The average molecular weight is 219 g/mol. The van der Waals surface area contributed by atoms with Crippen LogP contribution in [0.4, 0.5) is 0 Å². The second-order valence-corrected chi connectivity index (χ2v) is 3.51. The zero-order valence-electron chi connectivity index (χ0n) is 8.79. The molecule has 2 rings (SSSR count). The van der Waals surface area contributed by atoms with Crippen LogP contribution in [0.1, 0.15) is 36.6 Å². The van der Waals surface area contributed by atoms with Crippen molar-refractivity contribution in [2.45, 2.75) is 6.92 Å². The van der Waals surface area contributed by atoms with E-state index in [0.717, 1.165) is 5.56 Å². The fourth-order valence-corrected chi connectivity index (χ4v) is 1.71. The second-order valence-electron chi connectivity index (χ2n) is 3.51. The van der Waals surface area contributed by atoms with Gasteiger partial charge in [0.2, 0.25) is 0 Å². The smallest absolute Gasteiger partial charge is 0.338 e. The number of ether oxygens (including phenoxy) is 1. The fourth-order valence-electron chi connectivity index (χ4n) is 1.71. The van der Waals surface area contributed by atoms with E-state index < -0.39 is 17.8 Å². The number of benzene rings is 1. The Bertz CT molecular complexity index is 519. The van der Waals surface area contributed by atoms with Gasteiger partial charge in [0.15, 0.2) is 0 Å². The zero-order chi connectivity index (χ0) is 11.9. The molecule has 82 valence electrons. The van der Waals surface area contributed by atoms with Crippen LogP contribution in [-0.4, -0.2) is 24.9 Å². The van der Waals surface area contributed by atoms with Crippen molar-refractivity contribution in [1.29, 1.82) is 0 Å². The molecule has 16 heavy (non-hydrogen) atoms. The van der Waals surface area contributed by atoms with E-state index in [0.29, 0.717) is 0 Å². The number of aryl methyl sites for hydroxylation is 1. The van der Waals surface area contributed by atoms with Gasteiger partial charge >= 0.3 is 5.97 Å². The van der Waals surface area contributed by atoms with Crippen LogP contribution in [-0.2, 0) is 4.74 Å². The van der Waals surface area contributed by atoms with Crippen LogP contribution in [0, 0.1) is 6.92 Å². The van der Waals surface area contributed by atoms with E-state index >= 15 is 0 Å². The Morgan fingerprint density at radius 2 is 1.94 bits per heavy atom. The summed E-state index contributed by atoms with van der Waals surface area (Å²) in [5.74, 6) is -1.65. The molecule has 1 aliphatic rings. The quantitative estimate of drug-likeness (QED) is 0.556. The summed E-state index contributed by atoms with van der Waals surface area (Å²) >= 11 is 0. The van der Waals surface area contributed by atoms with Crippen molar-refractivity contribution in [2.24, 2.45) is 0 Å². The number of hydrogen-bond donors (Lipinski definition) is 1. The van der Waals surface area contributed by atoms with Gasteiger partial charge in [-0.3, -0.25) is 14.9 Å². The lowest BCUT2D eigenvalue weighted by Crippen LogP contribution is -2.20. The standard InChI is InChI=1S/C11H9NO4/c1-5-3-6-8(10(14)12-9(6)13)7(4-5)11(15)16-2/h3-4H,1-2H3,(H,12,13,14). The number of carbonyl (C=O) groups excluding carboxylic acids is 3. The third-order valence-electron chi connectivity index (χ3n) is 2.39. The Balaban J connectivity index is 2.72. The predicted molar refractivity (Wildman–Crippen MR) is 54.3 cm³/mol. The summed E-state index contributed by atoms with van der Waals surface area (Å²) in [6.07, 6.45) is 0. The number of imide groups is 1. The number of hydrogen-bond acceptors (Lipinski definition) is 4. The van der Waals surface area contributed by atoms with Crippen LogP contribution in [0.2, 0.25) is 0 Å². The average Bonchev–Trinajstić information content (AvgIpc) is 2.52. The fraction of sp³-hybridized carbons (Fsp3) is 0.182. The largest absolute Gasteiger partial charge is 0.465 e. The van der Waals surface area contributed by atoms with E-state index in [-0.39, 0.29) is 16.7 Å². The van der Waals surface area contributed by atoms with Crippen LogP contribution in [0.15, 0.2) is 12.1 Å². The van der Waals surface area contributed by atoms with Gasteiger partial charge in [-0.05, 0) is 24.6 Å². The molecule has 1 heterocycles. The molecule has 5 heteroatoms. The minimum Gasteiger partial charge on any atom is -0.465 e. The molecule has 0 bridgehead atoms. The second kappa shape index (κ2) is 3.44. The molecule has 0 spiro atoms. The first-order valence-corrected chi connectivity index (χ1v) is 4.63. The van der Waals surface area contributed by atoms with E-state index in [1.807, 2.05) is 0 Å². The van der Waals surface area contributed by atoms with E-state index in [1.54, 1.807) is 13.0 Å². The molecule has 0 radical (unpaired) electrons.